The molecule has 2 aromatic carbocycles. The number of carbonyl (C=O) groups excluding carboxylic acids is 2. The number of nitrogens with one attached hydrogen (secondary N) is 5. The summed E-state index contributed by atoms with van der Waals surface area (Å²) in [5.74, 6) is -0.460. The van der Waals surface area contributed by atoms with Crippen LogP contribution in [0.15, 0.2) is 65.8 Å². The number of nitrogens with zero attached hydrogens (tertiary/aromatic N) is 2. The van der Waals surface area contributed by atoms with Crippen molar-refractivity contribution in [1.82, 2.24) is 26.4 Å². The van der Waals surface area contributed by atoms with E-state index in [1.54, 1.807) is 6.20 Å². The molecule has 0 aliphatic carbocycles. The minimum absolute atomic E-state index is 0.182. The number of H-pyrrole nitrogens is 1. The highest BCUT2D eigenvalue weighted by molar-refractivity contribution is 6.38. The number of amidine groups is 1. The van der Waals surface area contributed by atoms with Crippen LogP contribution in [-0.4, -0.2) is 40.1 Å². The van der Waals surface area contributed by atoms with E-state index < -0.39 is 11.9 Å². The largest absolute Gasteiger partial charge is 0.338 e. The van der Waals surface area contributed by atoms with Gasteiger partial charge in [0, 0.05) is 18.3 Å². The number of hydrogen-bond acceptors (Lipinski definition) is 6. The van der Waals surface area contributed by atoms with E-state index in [1.165, 1.54) is 0 Å². The number of aromatic nitrogens is 2. The number of anilines is 1. The lowest BCUT2D eigenvalue weighted by atomic mass is 10.0. The van der Waals surface area contributed by atoms with Gasteiger partial charge >= 0.3 is 0 Å². The Labute approximate surface area is 184 Å². The molecular weight excluding hydrogens is 406 g/mol. The van der Waals surface area contributed by atoms with Crippen LogP contribution in [0.2, 0.25) is 0 Å². The number of hydrogen-bond donors (Lipinski definition) is 5. The number of aromatic amines is 1. The molecule has 3 heterocycles. The summed E-state index contributed by atoms with van der Waals surface area (Å²) >= 11 is 0. The van der Waals surface area contributed by atoms with Crippen molar-refractivity contribution in [2.75, 3.05) is 5.32 Å². The van der Waals surface area contributed by atoms with Crippen molar-refractivity contribution in [1.29, 1.82) is 0 Å². The van der Waals surface area contributed by atoms with Gasteiger partial charge < -0.3 is 10.6 Å². The second-order valence-corrected chi connectivity index (χ2v) is 7.85. The van der Waals surface area contributed by atoms with E-state index in [0.717, 1.165) is 28.1 Å². The molecule has 0 radical (unpaired) electrons. The Bertz CT molecular complexity index is 1160. The van der Waals surface area contributed by atoms with Gasteiger partial charge in [-0.2, -0.15) is 5.10 Å². The molecule has 3 aromatic rings. The van der Waals surface area contributed by atoms with Gasteiger partial charge in [-0.25, -0.2) is 10.4 Å². The van der Waals surface area contributed by atoms with Crippen LogP contribution in [0.5, 0.6) is 0 Å². The molecule has 2 atom stereocenters. The van der Waals surface area contributed by atoms with Crippen LogP contribution in [-0.2, 0) is 22.4 Å². The van der Waals surface area contributed by atoms with Crippen LogP contribution in [0, 0.1) is 0 Å². The third-order valence-electron chi connectivity index (χ3n) is 5.63. The lowest BCUT2D eigenvalue weighted by molar-refractivity contribution is -0.123. The number of benzene rings is 2. The Morgan fingerprint density at radius 3 is 2.81 bits per heavy atom. The Morgan fingerprint density at radius 1 is 1.12 bits per heavy atom. The second kappa shape index (κ2) is 8.64. The van der Waals surface area contributed by atoms with Gasteiger partial charge in [-0.1, -0.05) is 36.4 Å². The van der Waals surface area contributed by atoms with Crippen LogP contribution >= 0.6 is 0 Å². The maximum Gasteiger partial charge on any atom is 0.288 e. The predicted molar refractivity (Wildman–Crippen MR) is 121 cm³/mol. The monoisotopic (exact) mass is 429 g/mol. The van der Waals surface area contributed by atoms with Crippen LogP contribution < -0.4 is 21.5 Å². The first-order valence-corrected chi connectivity index (χ1v) is 10.5. The number of hydrazine groups is 1. The molecule has 5 N–H and O–H groups in total. The third-order valence-corrected chi connectivity index (χ3v) is 5.63. The molecule has 1 aromatic heterocycles. The van der Waals surface area contributed by atoms with Crippen LogP contribution in [0.3, 0.4) is 0 Å². The fourth-order valence-corrected chi connectivity index (χ4v) is 3.94. The summed E-state index contributed by atoms with van der Waals surface area (Å²) in [7, 11) is 0. The molecule has 1 unspecified atom stereocenters. The molecule has 0 spiro atoms. The number of carbonyl (C=O) groups is 2. The van der Waals surface area contributed by atoms with E-state index in [-0.39, 0.29) is 17.9 Å². The van der Waals surface area contributed by atoms with Gasteiger partial charge in [-0.15, -0.1) is 0 Å². The van der Waals surface area contributed by atoms with Crippen molar-refractivity contribution in [3.8, 4) is 11.3 Å². The second-order valence-electron chi connectivity index (χ2n) is 7.85. The fourth-order valence-electron chi connectivity index (χ4n) is 3.94. The first kappa shape index (κ1) is 20.0. The standard InChI is InChI=1S/C23H23N7O2/c31-22-19(9-7-15-13-16(6-8-17(15)25-22)18-10-11-24-28-18)26-23(32)21-27-20(29-30-21)12-14-4-2-1-3-5-14/h1-6,8,10-11,13,19-20,29H,7,9,12H2,(H,24,28)(H,25,31)(H,26,32)(H,27,30)/t19-,20?/m0/s1. The van der Waals surface area contributed by atoms with Gasteiger partial charge in [0.2, 0.25) is 11.7 Å². The summed E-state index contributed by atoms with van der Waals surface area (Å²) in [6.45, 7) is 0. The topological polar surface area (TPSA) is 123 Å². The minimum Gasteiger partial charge on any atom is -0.338 e. The number of amides is 2. The number of aryl methyl sites for hydroxylation is 1. The first-order chi connectivity index (χ1) is 15.7. The Kier molecular flexibility index (Phi) is 5.39. The molecule has 32 heavy (non-hydrogen) atoms. The van der Waals surface area contributed by atoms with Gasteiger partial charge in [-0.05, 0) is 47.7 Å². The van der Waals surface area contributed by atoms with Crippen molar-refractivity contribution in [3.63, 3.8) is 0 Å². The summed E-state index contributed by atoms with van der Waals surface area (Å²) in [6, 6.07) is 17.0. The SMILES string of the molecule is O=C(N[C@H]1CCc2cc(-c3ccn[nH]3)ccc2NC1=O)C1=NC(Cc2ccccc2)NN1. The number of fused-ring (bicyclic) bond motifs is 1. The van der Waals surface area contributed by atoms with Crippen molar-refractivity contribution in [3.05, 3.63) is 71.9 Å². The highest BCUT2D eigenvalue weighted by Crippen LogP contribution is 2.27. The van der Waals surface area contributed by atoms with E-state index >= 15 is 0 Å². The van der Waals surface area contributed by atoms with Gasteiger partial charge in [0.05, 0.1) is 5.69 Å². The summed E-state index contributed by atoms with van der Waals surface area (Å²) in [4.78, 5) is 29.9. The van der Waals surface area contributed by atoms with Crippen molar-refractivity contribution in [2.45, 2.75) is 31.5 Å². The molecule has 0 fully saturated rings. The molecule has 0 saturated carbocycles. The van der Waals surface area contributed by atoms with Crippen LogP contribution in [0.25, 0.3) is 11.3 Å². The third kappa shape index (κ3) is 4.23. The molecular formula is C23H23N7O2. The number of aliphatic imine (C=N–C) groups is 1. The fraction of sp³-hybridized carbons (Fsp3) is 0.217. The minimum atomic E-state index is -0.650. The molecule has 9 heteroatoms. The zero-order valence-corrected chi connectivity index (χ0v) is 17.3. The lowest BCUT2D eigenvalue weighted by Gasteiger charge is -2.15. The summed E-state index contributed by atoms with van der Waals surface area (Å²) < 4.78 is 0. The zero-order valence-electron chi connectivity index (χ0n) is 17.3. The van der Waals surface area contributed by atoms with E-state index in [0.29, 0.717) is 19.3 Å². The highest BCUT2D eigenvalue weighted by atomic mass is 16.2. The summed E-state index contributed by atoms with van der Waals surface area (Å²) in [6.07, 6.45) is 3.25. The average molecular weight is 429 g/mol. The van der Waals surface area contributed by atoms with Crippen molar-refractivity contribution in [2.24, 2.45) is 4.99 Å². The molecule has 0 saturated heterocycles. The van der Waals surface area contributed by atoms with E-state index in [4.69, 9.17) is 0 Å². The predicted octanol–water partition coefficient (Wildman–Crippen LogP) is 1.52. The first-order valence-electron chi connectivity index (χ1n) is 10.5. The lowest BCUT2D eigenvalue weighted by Crippen LogP contribution is -2.49. The highest BCUT2D eigenvalue weighted by Gasteiger charge is 2.29. The van der Waals surface area contributed by atoms with Crippen molar-refractivity contribution < 1.29 is 9.59 Å². The maximum atomic E-state index is 12.7. The Morgan fingerprint density at radius 2 is 2.00 bits per heavy atom. The molecule has 5 rings (SSSR count). The van der Waals surface area contributed by atoms with E-state index in [9.17, 15) is 9.59 Å². The normalized spacial score (nSPS) is 19.9. The van der Waals surface area contributed by atoms with Gasteiger partial charge in [-0.3, -0.25) is 20.1 Å². The maximum absolute atomic E-state index is 12.7. The van der Waals surface area contributed by atoms with E-state index in [1.807, 2.05) is 54.6 Å². The smallest absolute Gasteiger partial charge is 0.288 e. The van der Waals surface area contributed by atoms with Crippen LogP contribution in [0.4, 0.5) is 5.69 Å². The molecule has 9 nitrogen and oxygen atoms in total. The van der Waals surface area contributed by atoms with Gasteiger partial charge in [0.1, 0.15) is 12.2 Å². The Hall–Kier alpha value is -3.98. The molecule has 2 amide bonds. The summed E-state index contributed by atoms with van der Waals surface area (Å²) in [5, 5.41) is 12.7. The zero-order chi connectivity index (χ0) is 21.9. The van der Waals surface area contributed by atoms with Crippen molar-refractivity contribution >= 4 is 23.3 Å². The number of rotatable bonds is 5. The summed E-state index contributed by atoms with van der Waals surface area (Å²) in [5.41, 5.74) is 10.6. The quantitative estimate of drug-likeness (QED) is 0.421. The van der Waals surface area contributed by atoms with Gasteiger partial charge in [0.15, 0.2) is 0 Å². The molecule has 0 bridgehead atoms. The molecule has 162 valence electrons. The van der Waals surface area contributed by atoms with Crippen LogP contribution in [0.1, 0.15) is 17.5 Å². The molecule has 2 aliphatic rings. The van der Waals surface area contributed by atoms with E-state index in [2.05, 4.69) is 36.7 Å². The Balaban J connectivity index is 1.23. The average Bonchev–Trinajstić information content (AvgIpc) is 3.48. The molecule has 2 aliphatic heterocycles. The van der Waals surface area contributed by atoms with Gasteiger partial charge in [0.25, 0.3) is 5.91 Å².